The molecule has 3 rings (SSSR count). The number of carboxylic acid groups (broad SMARTS) is 1. The molecule has 1 aromatic heterocycles. The van der Waals surface area contributed by atoms with Crippen LogP contribution in [0.4, 0.5) is 18.9 Å². The Hall–Kier alpha value is -3.69. The van der Waals surface area contributed by atoms with Crippen LogP contribution in [0.15, 0.2) is 53.3 Å². The van der Waals surface area contributed by atoms with Gasteiger partial charge >= 0.3 is 12.1 Å². The number of halogens is 3. The molecule has 1 heterocycles. The zero-order chi connectivity index (χ0) is 21.3. The summed E-state index contributed by atoms with van der Waals surface area (Å²) in [5.74, 6) is -2.22. The number of anilines is 1. The number of hydrogen-bond acceptors (Lipinski definition) is 4. The Morgan fingerprint density at radius 1 is 1.10 bits per heavy atom. The number of aromatic nitrogens is 2. The quantitative estimate of drug-likeness (QED) is 0.694. The van der Waals surface area contributed by atoms with Crippen molar-refractivity contribution in [3.05, 3.63) is 70.1 Å². The smallest absolute Gasteiger partial charge is 0.416 e. The second kappa shape index (κ2) is 7.38. The fourth-order valence-electron chi connectivity index (χ4n) is 2.76. The van der Waals surface area contributed by atoms with Crippen molar-refractivity contribution in [1.29, 1.82) is 0 Å². The maximum absolute atomic E-state index is 12.8. The number of benzene rings is 2. The van der Waals surface area contributed by atoms with E-state index >= 15 is 0 Å². The van der Waals surface area contributed by atoms with Crippen LogP contribution in [0.1, 0.15) is 29.0 Å². The van der Waals surface area contributed by atoms with E-state index in [1.807, 2.05) is 0 Å². The highest BCUT2D eigenvalue weighted by molar-refractivity contribution is 6.01. The number of carbonyl (C=O) groups is 2. The van der Waals surface area contributed by atoms with Gasteiger partial charge in [-0.15, -0.1) is 0 Å². The molecule has 1 amide bonds. The second-order valence-corrected chi connectivity index (χ2v) is 6.19. The fraction of sp³-hybridized carbons (Fsp3) is 0.158. The highest BCUT2D eigenvalue weighted by Crippen LogP contribution is 2.30. The van der Waals surface area contributed by atoms with Crippen LogP contribution in [0, 0.1) is 0 Å². The van der Waals surface area contributed by atoms with Gasteiger partial charge in [-0.1, -0.05) is 24.3 Å². The van der Waals surface area contributed by atoms with Crippen LogP contribution in [0.5, 0.6) is 0 Å². The van der Waals surface area contributed by atoms with Gasteiger partial charge < -0.3 is 10.4 Å². The van der Waals surface area contributed by atoms with Crippen molar-refractivity contribution in [3.63, 3.8) is 0 Å². The third-order valence-corrected chi connectivity index (χ3v) is 4.23. The van der Waals surface area contributed by atoms with Crippen LogP contribution < -0.4 is 10.9 Å². The largest absolute Gasteiger partial charge is 0.476 e. The molecule has 2 N–H and O–H groups in total. The van der Waals surface area contributed by atoms with Gasteiger partial charge in [0.1, 0.15) is 6.04 Å². The summed E-state index contributed by atoms with van der Waals surface area (Å²) < 4.78 is 39.2. The molecular formula is C19H14F3N3O4. The van der Waals surface area contributed by atoms with Crippen molar-refractivity contribution in [1.82, 2.24) is 9.78 Å². The molecule has 1 atom stereocenters. The first-order valence-electron chi connectivity index (χ1n) is 8.32. The van der Waals surface area contributed by atoms with Crippen LogP contribution in [-0.4, -0.2) is 26.8 Å². The number of amides is 1. The topological polar surface area (TPSA) is 101 Å². The van der Waals surface area contributed by atoms with Gasteiger partial charge in [0.2, 0.25) is 5.91 Å². The van der Waals surface area contributed by atoms with Gasteiger partial charge in [-0.2, -0.15) is 18.3 Å². The molecule has 2 aromatic carbocycles. The first-order valence-corrected chi connectivity index (χ1v) is 8.32. The molecule has 0 saturated heterocycles. The van der Waals surface area contributed by atoms with Crippen LogP contribution in [0.2, 0.25) is 0 Å². The van der Waals surface area contributed by atoms with E-state index in [9.17, 15) is 32.7 Å². The van der Waals surface area contributed by atoms with Crippen molar-refractivity contribution in [2.45, 2.75) is 19.1 Å². The van der Waals surface area contributed by atoms with E-state index in [1.165, 1.54) is 31.2 Å². The average Bonchev–Trinajstić information content (AvgIpc) is 2.67. The highest BCUT2D eigenvalue weighted by Gasteiger charge is 2.31. The average molecular weight is 405 g/mol. The molecule has 29 heavy (non-hydrogen) atoms. The Morgan fingerprint density at radius 2 is 1.76 bits per heavy atom. The molecule has 3 aromatic rings. The maximum Gasteiger partial charge on any atom is 0.416 e. The van der Waals surface area contributed by atoms with Crippen molar-refractivity contribution in [3.8, 4) is 0 Å². The summed E-state index contributed by atoms with van der Waals surface area (Å²) >= 11 is 0. The van der Waals surface area contributed by atoms with Gasteiger partial charge in [-0.05, 0) is 31.2 Å². The number of hydrogen-bond donors (Lipinski definition) is 2. The second-order valence-electron chi connectivity index (χ2n) is 6.19. The number of fused-ring (bicyclic) bond motifs is 1. The third kappa shape index (κ3) is 3.96. The van der Waals surface area contributed by atoms with Crippen molar-refractivity contribution in [2.24, 2.45) is 0 Å². The van der Waals surface area contributed by atoms with E-state index in [2.05, 4.69) is 10.4 Å². The maximum atomic E-state index is 12.8. The van der Waals surface area contributed by atoms with E-state index in [0.29, 0.717) is 4.68 Å². The number of aromatic carboxylic acids is 1. The van der Waals surface area contributed by atoms with E-state index < -0.39 is 40.9 Å². The minimum atomic E-state index is -4.58. The number of nitrogens with one attached hydrogen (secondary N) is 1. The first-order chi connectivity index (χ1) is 13.6. The van der Waals surface area contributed by atoms with Crippen molar-refractivity contribution >= 4 is 28.3 Å². The van der Waals surface area contributed by atoms with Crippen LogP contribution >= 0.6 is 0 Å². The molecule has 1 unspecified atom stereocenters. The zero-order valence-corrected chi connectivity index (χ0v) is 14.9. The minimum Gasteiger partial charge on any atom is -0.476 e. The van der Waals surface area contributed by atoms with E-state index in [4.69, 9.17) is 0 Å². The van der Waals surface area contributed by atoms with E-state index in [-0.39, 0.29) is 16.5 Å². The molecule has 10 heteroatoms. The van der Waals surface area contributed by atoms with Crippen LogP contribution in [0.25, 0.3) is 10.8 Å². The Bertz CT molecular complexity index is 1170. The Kier molecular flexibility index (Phi) is 5.10. The standard InChI is InChI=1S/C19H14F3N3O4/c1-10(16(26)23-12-6-4-5-11(9-12)19(20,21)22)25-17(27)14-8-3-2-7-13(14)15(24-25)18(28)29/h2-10H,1H3,(H,23,26)(H,28,29). The highest BCUT2D eigenvalue weighted by atomic mass is 19.4. The molecule has 0 radical (unpaired) electrons. The number of alkyl halides is 3. The lowest BCUT2D eigenvalue weighted by molar-refractivity contribution is -0.137. The SMILES string of the molecule is CC(C(=O)Nc1cccc(C(F)(F)F)c1)n1nc(C(=O)O)c2ccccc2c1=O. The lowest BCUT2D eigenvalue weighted by atomic mass is 10.1. The van der Waals surface area contributed by atoms with Gasteiger partial charge in [-0.25, -0.2) is 9.48 Å². The predicted octanol–water partition coefficient (Wildman–Crippen LogP) is 3.31. The van der Waals surface area contributed by atoms with E-state index in [0.717, 1.165) is 18.2 Å². The summed E-state index contributed by atoms with van der Waals surface area (Å²) in [7, 11) is 0. The van der Waals surface area contributed by atoms with Gasteiger partial charge in [0.15, 0.2) is 5.69 Å². The van der Waals surface area contributed by atoms with Gasteiger partial charge in [-0.3, -0.25) is 9.59 Å². The summed E-state index contributed by atoms with van der Waals surface area (Å²) in [6, 6.07) is 8.63. The normalized spacial score (nSPS) is 12.6. The summed E-state index contributed by atoms with van der Waals surface area (Å²) in [5.41, 5.74) is -2.18. The molecule has 0 bridgehead atoms. The fourth-order valence-corrected chi connectivity index (χ4v) is 2.76. The molecule has 0 saturated carbocycles. The van der Waals surface area contributed by atoms with Crippen LogP contribution in [0.3, 0.4) is 0 Å². The molecule has 0 aliphatic carbocycles. The van der Waals surface area contributed by atoms with Gasteiger partial charge in [0.25, 0.3) is 5.56 Å². The lowest BCUT2D eigenvalue weighted by Gasteiger charge is -2.16. The number of rotatable bonds is 4. The number of carbonyl (C=O) groups excluding carboxylic acids is 1. The summed E-state index contributed by atoms with van der Waals surface area (Å²) in [5, 5.41) is 15.6. The Labute approximate surface area is 161 Å². The number of carboxylic acids is 1. The van der Waals surface area contributed by atoms with Crippen LogP contribution in [-0.2, 0) is 11.0 Å². The first kappa shape index (κ1) is 20.1. The molecule has 0 fully saturated rings. The van der Waals surface area contributed by atoms with Gasteiger partial charge in [0.05, 0.1) is 10.9 Å². The monoisotopic (exact) mass is 405 g/mol. The molecule has 0 spiro atoms. The minimum absolute atomic E-state index is 0.0543. The Balaban J connectivity index is 1.98. The third-order valence-electron chi connectivity index (χ3n) is 4.23. The summed E-state index contributed by atoms with van der Waals surface area (Å²) in [6.07, 6.45) is -4.58. The zero-order valence-electron chi connectivity index (χ0n) is 14.9. The molecule has 0 aliphatic heterocycles. The summed E-state index contributed by atoms with van der Waals surface area (Å²) in [4.78, 5) is 36.7. The molecular weight excluding hydrogens is 391 g/mol. The van der Waals surface area contributed by atoms with Gasteiger partial charge in [0, 0.05) is 11.1 Å². The van der Waals surface area contributed by atoms with E-state index in [1.54, 1.807) is 6.07 Å². The molecule has 7 nitrogen and oxygen atoms in total. The molecule has 0 aliphatic rings. The summed E-state index contributed by atoms with van der Waals surface area (Å²) in [6.45, 7) is 1.29. The lowest BCUT2D eigenvalue weighted by Crippen LogP contribution is -2.34. The van der Waals surface area contributed by atoms with Crippen molar-refractivity contribution < 1.29 is 27.9 Å². The van der Waals surface area contributed by atoms with Crippen molar-refractivity contribution in [2.75, 3.05) is 5.32 Å². The number of nitrogens with zero attached hydrogens (tertiary/aromatic N) is 2. The Morgan fingerprint density at radius 3 is 2.38 bits per heavy atom. The molecule has 150 valence electrons. The predicted molar refractivity (Wildman–Crippen MR) is 97.7 cm³/mol.